The van der Waals surface area contributed by atoms with Gasteiger partial charge in [0.05, 0.1) is 0 Å². The Morgan fingerprint density at radius 3 is 1.81 bits per heavy atom. The molecule has 0 N–H and O–H groups in total. The average molecular weight is 460 g/mol. The van der Waals surface area contributed by atoms with Gasteiger partial charge in [-0.05, 0) is 24.3 Å². The summed E-state index contributed by atoms with van der Waals surface area (Å²) in [6.45, 7) is 6.18. The summed E-state index contributed by atoms with van der Waals surface area (Å²) in [5.41, 5.74) is -3.27. The van der Waals surface area contributed by atoms with Gasteiger partial charge in [-0.15, -0.1) is 13.2 Å². The van der Waals surface area contributed by atoms with E-state index in [1.54, 1.807) is 0 Å². The van der Waals surface area contributed by atoms with Gasteiger partial charge in [-0.3, -0.25) is 0 Å². The van der Waals surface area contributed by atoms with Crippen molar-refractivity contribution in [3.8, 4) is 17.2 Å². The van der Waals surface area contributed by atoms with Crippen molar-refractivity contribution in [2.45, 2.75) is 12.5 Å². The lowest BCUT2D eigenvalue weighted by molar-refractivity contribution is -0.274. The van der Waals surface area contributed by atoms with E-state index in [0.717, 1.165) is 24.3 Å². The SMILES string of the molecule is C=CC(=O)Oc1ccc2c(oc3c(C(F)(F)F)c(OC(=O)C=C)ccc32)c1OC(F)(F)F. The highest BCUT2D eigenvalue weighted by Gasteiger charge is 2.40. The standard InChI is InChI=1S/C20H10F6O6/c1-3-13(27)29-11-7-5-9-10-6-8-12(30-14(28)4-2)18(32-20(24,25)26)17(10)31-16(9)15(11)19(21,22)23/h3-8H,1-2H2. The van der Waals surface area contributed by atoms with Gasteiger partial charge >= 0.3 is 24.5 Å². The molecule has 0 saturated carbocycles. The van der Waals surface area contributed by atoms with Gasteiger partial charge < -0.3 is 18.6 Å². The molecule has 1 heterocycles. The van der Waals surface area contributed by atoms with Crippen molar-refractivity contribution in [3.05, 3.63) is 55.1 Å². The van der Waals surface area contributed by atoms with E-state index >= 15 is 0 Å². The molecular formula is C20H10F6O6. The third kappa shape index (κ3) is 4.38. The van der Waals surface area contributed by atoms with Gasteiger partial charge in [0.1, 0.15) is 11.3 Å². The molecule has 0 aliphatic heterocycles. The first-order valence-corrected chi connectivity index (χ1v) is 8.39. The van der Waals surface area contributed by atoms with Crippen molar-refractivity contribution in [1.82, 2.24) is 0 Å². The van der Waals surface area contributed by atoms with Gasteiger partial charge in [-0.25, -0.2) is 9.59 Å². The maximum atomic E-state index is 13.8. The first kappa shape index (κ1) is 22.7. The lowest BCUT2D eigenvalue weighted by Gasteiger charge is -2.13. The van der Waals surface area contributed by atoms with Crippen molar-refractivity contribution < 1.29 is 54.6 Å². The van der Waals surface area contributed by atoms with E-state index in [1.165, 1.54) is 0 Å². The van der Waals surface area contributed by atoms with Crippen LogP contribution in [-0.2, 0) is 15.8 Å². The lowest BCUT2D eigenvalue weighted by atomic mass is 10.1. The van der Waals surface area contributed by atoms with Crippen LogP contribution < -0.4 is 14.2 Å². The molecule has 0 saturated heterocycles. The highest BCUT2D eigenvalue weighted by Crippen LogP contribution is 2.48. The minimum Gasteiger partial charge on any atom is -0.451 e. The van der Waals surface area contributed by atoms with Crippen molar-refractivity contribution in [1.29, 1.82) is 0 Å². The second kappa shape index (κ2) is 7.94. The molecule has 0 unspecified atom stereocenters. The van der Waals surface area contributed by atoms with Crippen molar-refractivity contribution in [2.24, 2.45) is 0 Å². The fraction of sp³-hybridized carbons (Fsp3) is 0.100. The van der Waals surface area contributed by atoms with Gasteiger partial charge in [0, 0.05) is 22.9 Å². The fourth-order valence-electron chi connectivity index (χ4n) is 2.79. The number of benzene rings is 2. The van der Waals surface area contributed by atoms with Crippen LogP contribution in [-0.4, -0.2) is 18.3 Å². The van der Waals surface area contributed by atoms with E-state index in [2.05, 4.69) is 27.4 Å². The molecule has 3 aromatic rings. The zero-order valence-corrected chi connectivity index (χ0v) is 15.6. The highest BCUT2D eigenvalue weighted by atomic mass is 19.4. The lowest BCUT2D eigenvalue weighted by Crippen LogP contribution is -2.18. The maximum Gasteiger partial charge on any atom is 0.573 e. The van der Waals surface area contributed by atoms with Crippen LogP contribution >= 0.6 is 0 Å². The fourth-order valence-corrected chi connectivity index (χ4v) is 2.79. The largest absolute Gasteiger partial charge is 0.573 e. The van der Waals surface area contributed by atoms with Crippen molar-refractivity contribution in [3.63, 3.8) is 0 Å². The predicted octanol–water partition coefficient (Wildman–Crippen LogP) is 5.69. The maximum absolute atomic E-state index is 13.8. The number of halogens is 6. The minimum atomic E-state index is -5.31. The number of fused-ring (bicyclic) bond motifs is 3. The molecule has 0 aliphatic carbocycles. The van der Waals surface area contributed by atoms with E-state index in [4.69, 9.17) is 4.42 Å². The van der Waals surface area contributed by atoms with Crippen LogP contribution in [0.1, 0.15) is 5.56 Å². The van der Waals surface area contributed by atoms with Crippen LogP contribution in [0, 0.1) is 0 Å². The van der Waals surface area contributed by atoms with Gasteiger partial charge in [0.15, 0.2) is 16.9 Å². The monoisotopic (exact) mass is 460 g/mol. The van der Waals surface area contributed by atoms with Gasteiger partial charge in [0.25, 0.3) is 0 Å². The number of hydrogen-bond acceptors (Lipinski definition) is 6. The molecule has 1 aromatic heterocycles. The summed E-state index contributed by atoms with van der Waals surface area (Å²) in [6.07, 6.45) is -9.16. The molecule has 0 fully saturated rings. The number of rotatable bonds is 5. The Morgan fingerprint density at radius 1 is 0.812 bits per heavy atom. The number of carbonyl (C=O) groups excluding carboxylic acids is 2. The quantitative estimate of drug-likeness (QED) is 0.211. The molecule has 3 rings (SSSR count). The smallest absolute Gasteiger partial charge is 0.451 e. The number of ether oxygens (including phenoxy) is 3. The molecule has 168 valence electrons. The average Bonchev–Trinajstić information content (AvgIpc) is 3.06. The second-order valence-corrected chi connectivity index (χ2v) is 5.98. The molecule has 0 amide bonds. The van der Waals surface area contributed by atoms with Crippen LogP contribution in [0.4, 0.5) is 26.3 Å². The summed E-state index contributed by atoms with van der Waals surface area (Å²) < 4.78 is 98.5. The molecule has 32 heavy (non-hydrogen) atoms. The van der Waals surface area contributed by atoms with Crippen LogP contribution in [0.25, 0.3) is 21.9 Å². The van der Waals surface area contributed by atoms with Crippen molar-refractivity contribution in [2.75, 3.05) is 0 Å². The number of furan rings is 1. The number of alkyl halides is 6. The Labute approximate surface area is 174 Å². The molecule has 0 atom stereocenters. The summed E-state index contributed by atoms with van der Waals surface area (Å²) in [5.74, 6) is -5.26. The highest BCUT2D eigenvalue weighted by molar-refractivity contribution is 6.09. The van der Waals surface area contributed by atoms with Crippen molar-refractivity contribution >= 4 is 33.9 Å². The topological polar surface area (TPSA) is 75.0 Å². The predicted molar refractivity (Wildman–Crippen MR) is 97.1 cm³/mol. The van der Waals surface area contributed by atoms with E-state index in [0.29, 0.717) is 12.2 Å². The number of esters is 2. The second-order valence-electron chi connectivity index (χ2n) is 5.98. The summed E-state index contributed by atoms with van der Waals surface area (Å²) >= 11 is 0. The third-order valence-corrected chi connectivity index (χ3v) is 3.95. The summed E-state index contributed by atoms with van der Waals surface area (Å²) in [6, 6.07) is 3.82. The molecular weight excluding hydrogens is 450 g/mol. The first-order valence-electron chi connectivity index (χ1n) is 8.39. The Hall–Kier alpha value is -3.96. The molecule has 0 aliphatic rings. The zero-order valence-electron chi connectivity index (χ0n) is 15.6. The zero-order chi connectivity index (χ0) is 23.8. The third-order valence-electron chi connectivity index (χ3n) is 3.95. The van der Waals surface area contributed by atoms with Crippen LogP contribution in [0.15, 0.2) is 54.0 Å². The van der Waals surface area contributed by atoms with Gasteiger partial charge in [-0.1, -0.05) is 13.2 Å². The Bertz CT molecular complexity index is 1250. The Balaban J connectivity index is 2.38. The van der Waals surface area contributed by atoms with E-state index in [9.17, 15) is 35.9 Å². The molecule has 12 heteroatoms. The first-order chi connectivity index (χ1) is 14.9. The summed E-state index contributed by atoms with van der Waals surface area (Å²) in [5, 5.41) is -0.482. The van der Waals surface area contributed by atoms with Crippen LogP contribution in [0.5, 0.6) is 17.2 Å². The number of carbonyl (C=O) groups is 2. The van der Waals surface area contributed by atoms with Crippen LogP contribution in [0.2, 0.25) is 0 Å². The summed E-state index contributed by atoms with van der Waals surface area (Å²) in [7, 11) is 0. The minimum absolute atomic E-state index is 0.218. The van der Waals surface area contributed by atoms with Gasteiger partial charge in [-0.2, -0.15) is 13.2 Å². The Morgan fingerprint density at radius 2 is 1.31 bits per heavy atom. The normalized spacial score (nSPS) is 11.9. The van der Waals surface area contributed by atoms with E-state index in [-0.39, 0.29) is 10.8 Å². The summed E-state index contributed by atoms with van der Waals surface area (Å²) in [4.78, 5) is 22.9. The molecule has 0 radical (unpaired) electrons. The van der Waals surface area contributed by atoms with Gasteiger partial charge in [0.2, 0.25) is 5.75 Å². The molecule has 0 bridgehead atoms. The van der Waals surface area contributed by atoms with E-state index in [1.807, 2.05) is 0 Å². The number of hydrogen-bond donors (Lipinski definition) is 0. The molecule has 2 aromatic carbocycles. The van der Waals surface area contributed by atoms with E-state index < -0.39 is 58.5 Å². The van der Waals surface area contributed by atoms with Crippen LogP contribution in [0.3, 0.4) is 0 Å². The Kier molecular flexibility index (Phi) is 5.64. The molecule has 0 spiro atoms. The molecule has 6 nitrogen and oxygen atoms in total.